The molecule has 1 aromatic heterocycles. The summed E-state index contributed by atoms with van der Waals surface area (Å²) in [5.74, 6) is -0.839. The first kappa shape index (κ1) is 28.3. The highest BCUT2D eigenvalue weighted by Gasteiger charge is 2.34. The minimum absolute atomic E-state index is 0.351. The molecule has 0 fully saturated rings. The Morgan fingerprint density at radius 2 is 1.73 bits per heavy atom. The molecule has 0 atom stereocenters. The molecule has 12 heteroatoms. The third-order valence-corrected chi connectivity index (χ3v) is 7.23. The molecular formula is C25H26ClF3N4O3S. The molecule has 0 saturated carbocycles. The van der Waals surface area contributed by atoms with Gasteiger partial charge in [0.2, 0.25) is 10.0 Å². The highest BCUT2D eigenvalue weighted by Crippen LogP contribution is 2.37. The molecule has 0 saturated heterocycles. The third-order valence-electron chi connectivity index (χ3n) is 5.76. The van der Waals surface area contributed by atoms with Crippen LogP contribution in [0.2, 0.25) is 5.02 Å². The van der Waals surface area contributed by atoms with Crippen LogP contribution in [0.3, 0.4) is 0 Å². The summed E-state index contributed by atoms with van der Waals surface area (Å²) in [4.78, 5) is 12.5. The van der Waals surface area contributed by atoms with Crippen LogP contribution < -0.4 is 9.73 Å². The van der Waals surface area contributed by atoms with Gasteiger partial charge < -0.3 is 4.57 Å². The van der Waals surface area contributed by atoms with Gasteiger partial charge in [0.25, 0.3) is 5.91 Å². The molecule has 0 unspecified atom stereocenters. The first-order valence-electron chi connectivity index (χ1n) is 11.0. The lowest BCUT2D eigenvalue weighted by Crippen LogP contribution is -2.39. The summed E-state index contributed by atoms with van der Waals surface area (Å²) >= 11 is 5.63. The number of nitrogens with one attached hydrogen (secondary N) is 1. The quantitative estimate of drug-likeness (QED) is 0.318. The summed E-state index contributed by atoms with van der Waals surface area (Å²) in [7, 11) is -4.11. The Morgan fingerprint density at radius 1 is 1.11 bits per heavy atom. The Kier molecular flexibility index (Phi) is 8.09. The number of halogens is 4. The fraction of sp³-hybridized carbons (Fsp3) is 0.280. The number of benzene rings is 2. The van der Waals surface area contributed by atoms with Crippen molar-refractivity contribution in [1.82, 2.24) is 9.99 Å². The Balaban J connectivity index is 1.82. The molecule has 1 amide bonds. The number of para-hydroxylation sites is 1. The van der Waals surface area contributed by atoms with Crippen LogP contribution in [0.15, 0.2) is 47.6 Å². The third kappa shape index (κ3) is 6.34. The average molecular weight is 555 g/mol. The van der Waals surface area contributed by atoms with Crippen molar-refractivity contribution in [3.8, 4) is 5.69 Å². The van der Waals surface area contributed by atoms with E-state index in [4.69, 9.17) is 11.6 Å². The van der Waals surface area contributed by atoms with Gasteiger partial charge >= 0.3 is 6.18 Å². The zero-order valence-corrected chi connectivity index (χ0v) is 22.4. The second-order valence-electron chi connectivity index (χ2n) is 8.63. The standard InChI is InChI=1S/C25H26ClF3N4O3S/c1-15-7-6-8-16(2)24(15)33-17(3)11-19(18(33)4)13-30-31-23(34)14-32(37(5,35)36)20-9-10-22(26)21(12-20)25(27,28)29/h6-13H,14H2,1-5H3,(H,31,34)/b30-13-. The van der Waals surface area contributed by atoms with E-state index in [1.807, 2.05) is 52.0 Å². The summed E-state index contributed by atoms with van der Waals surface area (Å²) in [6.07, 6.45) is -2.58. The molecule has 0 aliphatic rings. The lowest BCUT2D eigenvalue weighted by Gasteiger charge is -2.22. The molecule has 0 aliphatic heterocycles. The van der Waals surface area contributed by atoms with Crippen LogP contribution in [0, 0.1) is 27.7 Å². The second kappa shape index (κ2) is 10.6. The van der Waals surface area contributed by atoms with Crippen molar-refractivity contribution in [2.75, 3.05) is 17.1 Å². The molecule has 0 aliphatic carbocycles. The molecule has 3 aromatic rings. The Hall–Kier alpha value is -3.31. The van der Waals surface area contributed by atoms with Crippen LogP contribution >= 0.6 is 11.6 Å². The minimum Gasteiger partial charge on any atom is -0.317 e. The van der Waals surface area contributed by atoms with Crippen LogP contribution in [0.25, 0.3) is 5.69 Å². The fourth-order valence-corrected chi connectivity index (χ4v) is 5.12. The average Bonchev–Trinajstić information content (AvgIpc) is 3.04. The Morgan fingerprint density at radius 3 is 2.30 bits per heavy atom. The summed E-state index contributed by atoms with van der Waals surface area (Å²) in [5, 5.41) is 3.35. The van der Waals surface area contributed by atoms with Gasteiger partial charge in [0.15, 0.2) is 0 Å². The predicted octanol–water partition coefficient (Wildman–Crippen LogP) is 5.30. The van der Waals surface area contributed by atoms with Crippen LogP contribution in [-0.4, -0.2) is 37.9 Å². The van der Waals surface area contributed by atoms with Gasteiger partial charge in [-0.05, 0) is 63.1 Å². The fourth-order valence-electron chi connectivity index (χ4n) is 4.05. The summed E-state index contributed by atoms with van der Waals surface area (Å²) in [5.41, 5.74) is 6.48. The molecule has 3 rings (SSSR count). The second-order valence-corrected chi connectivity index (χ2v) is 10.9. The summed E-state index contributed by atoms with van der Waals surface area (Å²) < 4.78 is 66.9. The number of carbonyl (C=O) groups excluding carboxylic acids is 1. The van der Waals surface area contributed by atoms with E-state index in [-0.39, 0.29) is 5.69 Å². The number of aromatic nitrogens is 1. The molecule has 37 heavy (non-hydrogen) atoms. The molecule has 1 heterocycles. The van der Waals surface area contributed by atoms with Gasteiger partial charge in [0.05, 0.1) is 34.4 Å². The SMILES string of the molecule is Cc1cccc(C)c1-n1c(C)cc(/C=N\NC(=O)CN(c2ccc(Cl)c(C(F)(F)F)c2)S(C)(=O)=O)c1C. The monoisotopic (exact) mass is 554 g/mol. The van der Waals surface area contributed by atoms with Crippen molar-refractivity contribution < 1.29 is 26.4 Å². The van der Waals surface area contributed by atoms with Gasteiger partial charge in [-0.2, -0.15) is 18.3 Å². The number of hydrazone groups is 1. The number of hydrogen-bond acceptors (Lipinski definition) is 4. The first-order chi connectivity index (χ1) is 17.1. The van der Waals surface area contributed by atoms with E-state index in [0.29, 0.717) is 10.4 Å². The van der Waals surface area contributed by atoms with Gasteiger partial charge in [-0.3, -0.25) is 9.10 Å². The number of nitrogens with zero attached hydrogens (tertiary/aromatic N) is 3. The van der Waals surface area contributed by atoms with E-state index in [1.165, 1.54) is 6.21 Å². The van der Waals surface area contributed by atoms with E-state index in [0.717, 1.165) is 52.2 Å². The first-order valence-corrected chi connectivity index (χ1v) is 13.3. The van der Waals surface area contributed by atoms with Crippen molar-refractivity contribution in [2.45, 2.75) is 33.9 Å². The number of amides is 1. The highest BCUT2D eigenvalue weighted by molar-refractivity contribution is 7.92. The van der Waals surface area contributed by atoms with E-state index in [1.54, 1.807) is 0 Å². The predicted molar refractivity (Wildman–Crippen MR) is 139 cm³/mol. The number of alkyl halides is 3. The normalized spacial score (nSPS) is 12.2. The Labute approximate surface area is 218 Å². The maximum absolute atomic E-state index is 13.2. The van der Waals surface area contributed by atoms with Crippen LogP contribution in [0.5, 0.6) is 0 Å². The molecule has 198 valence electrons. The number of anilines is 1. The Bertz CT molecular complexity index is 1460. The van der Waals surface area contributed by atoms with Crippen molar-refractivity contribution >= 4 is 39.4 Å². The van der Waals surface area contributed by atoms with Crippen molar-refractivity contribution in [2.24, 2.45) is 5.10 Å². The van der Waals surface area contributed by atoms with E-state index >= 15 is 0 Å². The van der Waals surface area contributed by atoms with Gasteiger partial charge in [-0.15, -0.1) is 0 Å². The summed E-state index contributed by atoms with van der Waals surface area (Å²) in [6.45, 7) is 7.10. The maximum Gasteiger partial charge on any atom is 0.417 e. The van der Waals surface area contributed by atoms with E-state index in [2.05, 4.69) is 15.1 Å². The summed E-state index contributed by atoms with van der Waals surface area (Å²) in [6, 6.07) is 10.5. The van der Waals surface area contributed by atoms with Gasteiger partial charge in [-0.1, -0.05) is 29.8 Å². The lowest BCUT2D eigenvalue weighted by atomic mass is 10.1. The lowest BCUT2D eigenvalue weighted by molar-refractivity contribution is -0.137. The zero-order chi connectivity index (χ0) is 27.7. The molecule has 0 radical (unpaired) electrons. The van der Waals surface area contributed by atoms with Gasteiger partial charge in [0, 0.05) is 17.0 Å². The molecule has 0 spiro atoms. The molecule has 1 N–H and O–H groups in total. The topological polar surface area (TPSA) is 83.8 Å². The van der Waals surface area contributed by atoms with Crippen LogP contribution in [0.4, 0.5) is 18.9 Å². The smallest absolute Gasteiger partial charge is 0.317 e. The number of carbonyl (C=O) groups is 1. The maximum atomic E-state index is 13.2. The molecular weight excluding hydrogens is 529 g/mol. The number of sulfonamides is 1. The molecule has 7 nitrogen and oxygen atoms in total. The van der Waals surface area contributed by atoms with Crippen molar-refractivity contribution in [3.63, 3.8) is 0 Å². The molecule has 2 aromatic carbocycles. The van der Waals surface area contributed by atoms with E-state index < -0.39 is 39.2 Å². The highest BCUT2D eigenvalue weighted by atomic mass is 35.5. The number of rotatable bonds is 7. The van der Waals surface area contributed by atoms with Gasteiger partial charge in [-0.25, -0.2) is 13.8 Å². The van der Waals surface area contributed by atoms with Crippen molar-refractivity contribution in [1.29, 1.82) is 0 Å². The van der Waals surface area contributed by atoms with Gasteiger partial charge in [0.1, 0.15) is 6.54 Å². The van der Waals surface area contributed by atoms with Crippen LogP contribution in [0.1, 0.15) is 33.6 Å². The van der Waals surface area contributed by atoms with Crippen molar-refractivity contribution in [3.05, 3.63) is 81.1 Å². The largest absolute Gasteiger partial charge is 0.417 e. The zero-order valence-electron chi connectivity index (χ0n) is 20.8. The van der Waals surface area contributed by atoms with E-state index in [9.17, 15) is 26.4 Å². The van der Waals surface area contributed by atoms with Crippen LogP contribution in [-0.2, 0) is 21.0 Å². The minimum atomic E-state index is -4.80. The number of aryl methyl sites for hydroxylation is 3. The number of hydrogen-bond donors (Lipinski definition) is 1. The molecule has 0 bridgehead atoms.